The van der Waals surface area contributed by atoms with Crippen LogP contribution in [0.25, 0.3) is 0 Å². The zero-order valence-corrected chi connectivity index (χ0v) is 6.75. The van der Waals surface area contributed by atoms with E-state index in [0.29, 0.717) is 19.3 Å². The maximum Gasteiger partial charge on any atom is 0.0628 e. The molecule has 1 aliphatic carbocycles. The van der Waals surface area contributed by atoms with E-state index in [-0.39, 0.29) is 0 Å². The average Bonchev–Trinajstić information content (AvgIpc) is 2.19. The largest absolute Gasteiger partial charge is 0.392 e. The molecule has 0 heterocycles. The Bertz CT molecular complexity index is 170. The van der Waals surface area contributed by atoms with Crippen LogP contribution in [0.4, 0.5) is 0 Å². The summed E-state index contributed by atoms with van der Waals surface area (Å²) in [7, 11) is 0. The monoisotopic (exact) mass is 154 g/mol. The van der Waals surface area contributed by atoms with Crippen molar-refractivity contribution in [2.75, 3.05) is 0 Å². The second-order valence-corrected chi connectivity index (χ2v) is 3.50. The highest BCUT2D eigenvalue weighted by atomic mass is 16.3. The van der Waals surface area contributed by atoms with Crippen LogP contribution in [0.3, 0.4) is 0 Å². The minimum atomic E-state index is -0.464. The molecule has 2 atom stereocenters. The SMILES string of the molecule is C#CCC1(C)[C@@H](O)CC[C@@H]1O. The molecule has 0 bridgehead atoms. The van der Waals surface area contributed by atoms with Crippen molar-refractivity contribution in [2.45, 2.75) is 38.4 Å². The molecular weight excluding hydrogens is 140 g/mol. The summed E-state index contributed by atoms with van der Waals surface area (Å²) in [5.41, 5.74) is -0.464. The molecule has 1 fully saturated rings. The molecule has 0 saturated heterocycles. The zero-order chi connectivity index (χ0) is 8.48. The molecule has 1 saturated carbocycles. The highest BCUT2D eigenvalue weighted by Crippen LogP contribution is 2.40. The van der Waals surface area contributed by atoms with Gasteiger partial charge in [0.05, 0.1) is 12.2 Å². The molecule has 1 aliphatic rings. The Morgan fingerprint density at radius 2 is 1.91 bits per heavy atom. The van der Waals surface area contributed by atoms with Gasteiger partial charge in [-0.1, -0.05) is 6.92 Å². The number of aliphatic hydroxyl groups excluding tert-OH is 2. The van der Waals surface area contributed by atoms with Gasteiger partial charge in [0.1, 0.15) is 0 Å². The minimum absolute atomic E-state index is 0.437. The lowest BCUT2D eigenvalue weighted by atomic mass is 9.81. The van der Waals surface area contributed by atoms with Crippen LogP contribution in [0.5, 0.6) is 0 Å². The second-order valence-electron chi connectivity index (χ2n) is 3.50. The smallest absolute Gasteiger partial charge is 0.0628 e. The first-order valence-corrected chi connectivity index (χ1v) is 3.91. The first-order valence-electron chi connectivity index (χ1n) is 3.91. The van der Waals surface area contributed by atoms with Gasteiger partial charge in [-0.15, -0.1) is 12.3 Å². The molecular formula is C9H14O2. The highest BCUT2D eigenvalue weighted by Gasteiger charge is 2.44. The van der Waals surface area contributed by atoms with Gasteiger partial charge in [-0.2, -0.15) is 0 Å². The van der Waals surface area contributed by atoms with Crippen molar-refractivity contribution in [2.24, 2.45) is 5.41 Å². The standard InChI is InChI=1S/C9H14O2/c1-3-6-9(2)7(10)4-5-8(9)11/h1,7-8,10-11H,4-6H2,2H3/t7-,8-/m0/s1. The Balaban J connectivity index is 2.73. The van der Waals surface area contributed by atoms with Gasteiger partial charge in [0.25, 0.3) is 0 Å². The number of rotatable bonds is 1. The van der Waals surface area contributed by atoms with Gasteiger partial charge >= 0.3 is 0 Å². The Morgan fingerprint density at radius 1 is 1.45 bits per heavy atom. The Morgan fingerprint density at radius 3 is 2.27 bits per heavy atom. The predicted octanol–water partition coefficient (Wildman–Crippen LogP) is 0.532. The first kappa shape index (κ1) is 8.58. The Kier molecular flexibility index (Phi) is 2.22. The lowest BCUT2D eigenvalue weighted by Crippen LogP contribution is -2.35. The van der Waals surface area contributed by atoms with Crippen LogP contribution in [0.1, 0.15) is 26.2 Å². The van der Waals surface area contributed by atoms with E-state index in [1.807, 2.05) is 6.92 Å². The van der Waals surface area contributed by atoms with E-state index < -0.39 is 17.6 Å². The molecule has 62 valence electrons. The zero-order valence-electron chi connectivity index (χ0n) is 6.75. The van der Waals surface area contributed by atoms with Gasteiger partial charge in [-0.3, -0.25) is 0 Å². The number of terminal acetylenes is 1. The summed E-state index contributed by atoms with van der Waals surface area (Å²) < 4.78 is 0. The van der Waals surface area contributed by atoms with Gasteiger partial charge in [0.2, 0.25) is 0 Å². The third-order valence-corrected chi connectivity index (χ3v) is 2.72. The quantitative estimate of drug-likeness (QED) is 0.541. The van der Waals surface area contributed by atoms with Crippen molar-refractivity contribution in [1.29, 1.82) is 0 Å². The fourth-order valence-electron chi connectivity index (χ4n) is 1.65. The van der Waals surface area contributed by atoms with Crippen LogP contribution in [-0.2, 0) is 0 Å². The van der Waals surface area contributed by atoms with Gasteiger partial charge in [-0.25, -0.2) is 0 Å². The molecule has 0 radical (unpaired) electrons. The summed E-state index contributed by atoms with van der Waals surface area (Å²) in [6.07, 6.45) is 6.06. The van der Waals surface area contributed by atoms with Crippen LogP contribution in [-0.4, -0.2) is 22.4 Å². The summed E-state index contributed by atoms with van der Waals surface area (Å²) in [5.74, 6) is 2.49. The van der Waals surface area contributed by atoms with Gasteiger partial charge in [0, 0.05) is 11.8 Å². The van der Waals surface area contributed by atoms with Crippen molar-refractivity contribution in [3.05, 3.63) is 0 Å². The second kappa shape index (κ2) is 2.84. The normalized spacial score (nSPS) is 35.1. The molecule has 2 nitrogen and oxygen atoms in total. The topological polar surface area (TPSA) is 40.5 Å². The van der Waals surface area contributed by atoms with Crippen LogP contribution < -0.4 is 0 Å². The summed E-state index contributed by atoms with van der Waals surface area (Å²) in [4.78, 5) is 0. The molecule has 0 unspecified atom stereocenters. The number of hydrogen-bond acceptors (Lipinski definition) is 2. The average molecular weight is 154 g/mol. The van der Waals surface area contributed by atoms with E-state index >= 15 is 0 Å². The fraction of sp³-hybridized carbons (Fsp3) is 0.778. The van der Waals surface area contributed by atoms with Gasteiger partial charge in [-0.05, 0) is 12.8 Å². The van der Waals surface area contributed by atoms with Crippen molar-refractivity contribution in [1.82, 2.24) is 0 Å². The van der Waals surface area contributed by atoms with E-state index in [9.17, 15) is 10.2 Å². The summed E-state index contributed by atoms with van der Waals surface area (Å²) in [6.45, 7) is 1.84. The molecule has 0 aliphatic heterocycles. The number of hydrogen-bond donors (Lipinski definition) is 2. The molecule has 11 heavy (non-hydrogen) atoms. The maximum absolute atomic E-state index is 9.49. The van der Waals surface area contributed by atoms with Crippen molar-refractivity contribution < 1.29 is 10.2 Å². The maximum atomic E-state index is 9.49. The molecule has 2 heteroatoms. The molecule has 1 rings (SSSR count). The summed E-state index contributed by atoms with van der Waals surface area (Å²) in [6, 6.07) is 0. The van der Waals surface area contributed by atoms with Crippen molar-refractivity contribution in [3.63, 3.8) is 0 Å². The lowest BCUT2D eigenvalue weighted by Gasteiger charge is -2.29. The Hall–Kier alpha value is -0.520. The van der Waals surface area contributed by atoms with E-state index in [1.54, 1.807) is 0 Å². The molecule has 0 aromatic rings. The molecule has 0 amide bonds. The molecule has 0 spiro atoms. The van der Waals surface area contributed by atoms with Crippen molar-refractivity contribution in [3.8, 4) is 12.3 Å². The van der Waals surface area contributed by atoms with E-state index in [2.05, 4.69) is 5.92 Å². The summed E-state index contributed by atoms with van der Waals surface area (Å²) in [5, 5.41) is 19.0. The van der Waals surface area contributed by atoms with E-state index in [0.717, 1.165) is 0 Å². The molecule has 2 N–H and O–H groups in total. The van der Waals surface area contributed by atoms with Gasteiger partial charge in [0.15, 0.2) is 0 Å². The van der Waals surface area contributed by atoms with E-state index in [1.165, 1.54) is 0 Å². The van der Waals surface area contributed by atoms with Crippen LogP contribution in [0, 0.1) is 17.8 Å². The van der Waals surface area contributed by atoms with Crippen molar-refractivity contribution >= 4 is 0 Å². The first-order chi connectivity index (χ1) is 5.11. The van der Waals surface area contributed by atoms with E-state index in [4.69, 9.17) is 6.42 Å². The molecule has 0 aromatic heterocycles. The van der Waals surface area contributed by atoms with Crippen LogP contribution in [0.2, 0.25) is 0 Å². The third-order valence-electron chi connectivity index (χ3n) is 2.72. The Labute approximate surface area is 67.2 Å². The predicted molar refractivity (Wildman–Crippen MR) is 42.8 cm³/mol. The number of aliphatic hydroxyl groups is 2. The molecule has 0 aromatic carbocycles. The van der Waals surface area contributed by atoms with Crippen LogP contribution >= 0.6 is 0 Å². The van der Waals surface area contributed by atoms with Gasteiger partial charge < -0.3 is 10.2 Å². The summed E-state index contributed by atoms with van der Waals surface area (Å²) >= 11 is 0. The lowest BCUT2D eigenvalue weighted by molar-refractivity contribution is -0.00676. The third kappa shape index (κ3) is 1.26. The fourth-order valence-corrected chi connectivity index (χ4v) is 1.65. The van der Waals surface area contributed by atoms with Crippen LogP contribution in [0.15, 0.2) is 0 Å². The highest BCUT2D eigenvalue weighted by molar-refractivity contribution is 5.03. The minimum Gasteiger partial charge on any atom is -0.392 e.